The van der Waals surface area contributed by atoms with E-state index in [0.29, 0.717) is 19.9 Å². The van der Waals surface area contributed by atoms with Crippen LogP contribution < -0.4 is 4.74 Å². The third-order valence-electron chi connectivity index (χ3n) is 2.78. The van der Waals surface area contributed by atoms with Crippen LogP contribution in [0.25, 0.3) is 0 Å². The first kappa shape index (κ1) is 15.2. The van der Waals surface area contributed by atoms with Gasteiger partial charge in [0, 0.05) is 4.90 Å². The van der Waals surface area contributed by atoms with Crippen LogP contribution in [0.4, 0.5) is 0 Å². The molecule has 0 fully saturated rings. The monoisotopic (exact) mass is 328 g/mol. The molecule has 106 valence electrons. The van der Waals surface area contributed by atoms with Crippen molar-refractivity contribution >= 4 is 39.5 Å². The Hall–Kier alpha value is -1.17. The summed E-state index contributed by atoms with van der Waals surface area (Å²) in [5.41, 5.74) is 0. The number of Topliss-reactive ketones (excluding diaryl/α,β-unsaturated/α-hetero) is 1. The Morgan fingerprint density at radius 2 is 2.10 bits per heavy atom. The first-order valence-corrected chi connectivity index (χ1v) is 8.28. The Balaban J connectivity index is 2.21. The van der Waals surface area contributed by atoms with Crippen molar-refractivity contribution in [3.8, 4) is 5.75 Å². The minimum absolute atomic E-state index is 0.164. The lowest BCUT2D eigenvalue weighted by Gasteiger charge is -2.10. The van der Waals surface area contributed by atoms with Crippen LogP contribution in [0.1, 0.15) is 16.6 Å². The summed E-state index contributed by atoms with van der Waals surface area (Å²) in [5.74, 6) is 0.456. The average molecular weight is 329 g/mol. The van der Waals surface area contributed by atoms with Gasteiger partial charge in [0.05, 0.1) is 27.1 Å². The minimum Gasteiger partial charge on any atom is -0.497 e. The van der Waals surface area contributed by atoms with Gasteiger partial charge in [-0.2, -0.15) is 0 Å². The maximum absolute atomic E-state index is 12.4. The highest BCUT2D eigenvalue weighted by Gasteiger charge is 2.24. The van der Waals surface area contributed by atoms with Crippen LogP contribution in [-0.4, -0.2) is 22.4 Å². The van der Waals surface area contributed by atoms with E-state index < -0.39 is 16.0 Å². The molecule has 2 unspecified atom stereocenters. The van der Waals surface area contributed by atoms with Crippen molar-refractivity contribution in [1.29, 1.82) is 0 Å². The molecule has 1 aromatic heterocycles. The number of benzene rings is 1. The summed E-state index contributed by atoms with van der Waals surface area (Å²) in [5, 5.41) is -0.628. The molecule has 2 atom stereocenters. The highest BCUT2D eigenvalue weighted by atomic mass is 35.5. The Morgan fingerprint density at radius 1 is 1.35 bits per heavy atom. The second kappa shape index (κ2) is 6.52. The Morgan fingerprint density at radius 3 is 2.70 bits per heavy atom. The van der Waals surface area contributed by atoms with Crippen molar-refractivity contribution < 1.29 is 13.7 Å². The van der Waals surface area contributed by atoms with Gasteiger partial charge in [-0.05, 0) is 37.3 Å². The molecule has 0 bridgehead atoms. The van der Waals surface area contributed by atoms with E-state index in [1.54, 1.807) is 50.4 Å². The van der Waals surface area contributed by atoms with E-state index in [2.05, 4.69) is 0 Å². The van der Waals surface area contributed by atoms with Crippen LogP contribution in [-0.2, 0) is 10.8 Å². The summed E-state index contributed by atoms with van der Waals surface area (Å²) in [4.78, 5) is 13.4. The van der Waals surface area contributed by atoms with E-state index in [9.17, 15) is 9.00 Å². The van der Waals surface area contributed by atoms with E-state index in [1.165, 1.54) is 11.3 Å². The van der Waals surface area contributed by atoms with E-state index >= 15 is 0 Å². The number of carbonyl (C=O) groups is 1. The van der Waals surface area contributed by atoms with Crippen LogP contribution in [0.3, 0.4) is 0 Å². The van der Waals surface area contributed by atoms with Crippen molar-refractivity contribution in [1.82, 2.24) is 0 Å². The number of ether oxygens (including phenoxy) is 1. The topological polar surface area (TPSA) is 43.4 Å². The zero-order chi connectivity index (χ0) is 14.7. The lowest BCUT2D eigenvalue weighted by atomic mass is 10.2. The second-order valence-electron chi connectivity index (χ2n) is 4.09. The predicted octanol–water partition coefficient (Wildman–Crippen LogP) is 3.79. The highest BCUT2D eigenvalue weighted by molar-refractivity contribution is 7.86. The van der Waals surface area contributed by atoms with E-state index in [4.69, 9.17) is 16.3 Å². The highest BCUT2D eigenvalue weighted by Crippen LogP contribution is 2.25. The quantitative estimate of drug-likeness (QED) is 0.784. The average Bonchev–Trinajstić information content (AvgIpc) is 2.91. The maximum Gasteiger partial charge on any atom is 0.188 e. The molecule has 0 amide bonds. The van der Waals surface area contributed by atoms with Gasteiger partial charge < -0.3 is 4.74 Å². The van der Waals surface area contributed by atoms with Crippen LogP contribution in [0.2, 0.25) is 4.34 Å². The summed E-state index contributed by atoms with van der Waals surface area (Å²) in [7, 11) is 0.119. The number of carbonyl (C=O) groups excluding carboxylic acids is 1. The summed E-state index contributed by atoms with van der Waals surface area (Å²) < 4.78 is 18.1. The molecule has 0 aliphatic rings. The lowest BCUT2D eigenvalue weighted by Crippen LogP contribution is -2.22. The van der Waals surface area contributed by atoms with Crippen molar-refractivity contribution in [2.75, 3.05) is 7.11 Å². The molecule has 2 aromatic rings. The molecule has 0 N–H and O–H groups in total. The van der Waals surface area contributed by atoms with Crippen LogP contribution in [0.5, 0.6) is 5.75 Å². The number of methoxy groups -OCH3 is 1. The molecule has 3 nitrogen and oxygen atoms in total. The third kappa shape index (κ3) is 3.29. The standard InChI is InChI=1S/C14H13ClO3S2/c1-9(14(16)12-6-7-13(15)19-12)20(17)11-5-3-4-10(8-11)18-2/h3-9H,1-2H3. The second-order valence-corrected chi connectivity index (χ2v) is 7.58. The molecule has 0 saturated heterocycles. The minimum atomic E-state index is -1.43. The van der Waals surface area contributed by atoms with Gasteiger partial charge in [-0.1, -0.05) is 17.7 Å². The maximum atomic E-state index is 12.4. The van der Waals surface area contributed by atoms with E-state index in [1.807, 2.05) is 0 Å². The van der Waals surface area contributed by atoms with E-state index in [-0.39, 0.29) is 5.78 Å². The fourth-order valence-corrected chi connectivity index (χ4v) is 4.00. The first-order valence-electron chi connectivity index (χ1n) is 5.87. The van der Waals surface area contributed by atoms with Gasteiger partial charge in [0.2, 0.25) is 0 Å². The van der Waals surface area contributed by atoms with Crippen molar-refractivity contribution in [2.24, 2.45) is 0 Å². The molecule has 20 heavy (non-hydrogen) atoms. The summed E-state index contributed by atoms with van der Waals surface area (Å²) in [6, 6.07) is 10.3. The molecular formula is C14H13ClO3S2. The molecule has 6 heteroatoms. The molecule has 1 heterocycles. The van der Waals surface area contributed by atoms with Crippen molar-refractivity contribution in [2.45, 2.75) is 17.1 Å². The van der Waals surface area contributed by atoms with Gasteiger partial charge >= 0.3 is 0 Å². The van der Waals surface area contributed by atoms with Gasteiger partial charge in [-0.3, -0.25) is 9.00 Å². The van der Waals surface area contributed by atoms with E-state index in [0.717, 1.165) is 0 Å². The lowest BCUT2D eigenvalue weighted by molar-refractivity contribution is 0.0996. The first-order chi connectivity index (χ1) is 9.52. The van der Waals surface area contributed by atoms with Crippen molar-refractivity contribution in [3.05, 3.63) is 45.6 Å². The summed E-state index contributed by atoms with van der Waals surface area (Å²) in [6.07, 6.45) is 0. The summed E-state index contributed by atoms with van der Waals surface area (Å²) in [6.45, 7) is 1.66. The Labute approximate surface area is 129 Å². The largest absolute Gasteiger partial charge is 0.497 e. The fourth-order valence-electron chi connectivity index (χ4n) is 1.67. The molecule has 1 aromatic carbocycles. The normalized spacial score (nSPS) is 13.8. The molecule has 0 saturated carbocycles. The van der Waals surface area contributed by atoms with Gasteiger partial charge in [-0.25, -0.2) is 0 Å². The zero-order valence-electron chi connectivity index (χ0n) is 11.0. The van der Waals surface area contributed by atoms with Gasteiger partial charge in [0.15, 0.2) is 5.78 Å². The number of halogens is 1. The van der Waals surface area contributed by atoms with Gasteiger partial charge in [0.1, 0.15) is 11.0 Å². The molecule has 2 rings (SSSR count). The Kier molecular flexibility index (Phi) is 4.96. The Bertz CT molecular complexity index is 651. The predicted molar refractivity (Wildman–Crippen MR) is 82.5 cm³/mol. The van der Waals surface area contributed by atoms with Crippen LogP contribution in [0, 0.1) is 0 Å². The van der Waals surface area contributed by atoms with Gasteiger partial charge in [-0.15, -0.1) is 11.3 Å². The number of ketones is 1. The molecule has 0 aliphatic carbocycles. The molecule has 0 aliphatic heterocycles. The smallest absolute Gasteiger partial charge is 0.188 e. The number of rotatable bonds is 5. The molecule has 0 radical (unpaired) electrons. The molecule has 0 spiro atoms. The molecular weight excluding hydrogens is 316 g/mol. The summed E-state index contributed by atoms with van der Waals surface area (Å²) >= 11 is 7.02. The van der Waals surface area contributed by atoms with Crippen molar-refractivity contribution in [3.63, 3.8) is 0 Å². The SMILES string of the molecule is COc1cccc(S(=O)C(C)C(=O)c2ccc(Cl)s2)c1. The number of hydrogen-bond donors (Lipinski definition) is 0. The number of hydrogen-bond acceptors (Lipinski definition) is 4. The van der Waals surface area contributed by atoms with Crippen LogP contribution >= 0.6 is 22.9 Å². The zero-order valence-corrected chi connectivity index (χ0v) is 13.3. The van der Waals surface area contributed by atoms with Gasteiger partial charge in [0.25, 0.3) is 0 Å². The fraction of sp³-hybridized carbons (Fsp3) is 0.214. The van der Waals surface area contributed by atoms with Crippen LogP contribution in [0.15, 0.2) is 41.3 Å². The number of thiophene rings is 1. The third-order valence-corrected chi connectivity index (χ3v) is 5.60.